The van der Waals surface area contributed by atoms with Gasteiger partial charge in [-0.3, -0.25) is 19.3 Å². The van der Waals surface area contributed by atoms with Gasteiger partial charge in [0.05, 0.1) is 5.69 Å². The Balaban J connectivity index is 2.51. The van der Waals surface area contributed by atoms with E-state index in [9.17, 15) is 14.4 Å². The Bertz CT molecular complexity index is 610. The molecule has 2 amide bonds. The van der Waals surface area contributed by atoms with Gasteiger partial charge in [0.15, 0.2) is 11.9 Å². The molecule has 0 saturated heterocycles. The van der Waals surface area contributed by atoms with Gasteiger partial charge < -0.3 is 10.5 Å². The first-order chi connectivity index (χ1) is 9.81. The topological polar surface area (TPSA) is 89.7 Å². The summed E-state index contributed by atoms with van der Waals surface area (Å²) < 4.78 is 5.70. The van der Waals surface area contributed by atoms with E-state index < -0.39 is 12.0 Å². The zero-order valence-corrected chi connectivity index (χ0v) is 12.3. The van der Waals surface area contributed by atoms with Crippen LogP contribution in [-0.4, -0.2) is 30.2 Å². The third-order valence-corrected chi connectivity index (χ3v) is 3.34. The lowest BCUT2D eigenvalue weighted by molar-refractivity contribution is -0.129. The van der Waals surface area contributed by atoms with Crippen LogP contribution in [0.2, 0.25) is 0 Å². The second-order valence-electron chi connectivity index (χ2n) is 5.41. The summed E-state index contributed by atoms with van der Waals surface area (Å²) in [4.78, 5) is 36.5. The van der Waals surface area contributed by atoms with Crippen LogP contribution >= 0.6 is 0 Å². The number of ether oxygens (including phenoxy) is 1. The van der Waals surface area contributed by atoms with E-state index in [0.717, 1.165) is 0 Å². The van der Waals surface area contributed by atoms with Gasteiger partial charge in [-0.15, -0.1) is 0 Å². The van der Waals surface area contributed by atoms with Gasteiger partial charge in [0.25, 0.3) is 5.91 Å². The molecule has 1 atom stereocenters. The molecule has 1 heterocycles. The number of hydrogen-bond donors (Lipinski definition) is 1. The van der Waals surface area contributed by atoms with Crippen molar-refractivity contribution >= 4 is 23.3 Å². The second-order valence-corrected chi connectivity index (χ2v) is 5.41. The van der Waals surface area contributed by atoms with E-state index >= 15 is 0 Å². The maximum Gasteiger partial charge on any atom is 0.268 e. The minimum atomic E-state index is -0.667. The molecule has 2 rings (SSSR count). The summed E-state index contributed by atoms with van der Waals surface area (Å²) >= 11 is 0. The van der Waals surface area contributed by atoms with Crippen LogP contribution in [-0.2, 0) is 9.59 Å². The number of amides is 2. The zero-order valence-electron chi connectivity index (χ0n) is 12.3. The van der Waals surface area contributed by atoms with Crippen LogP contribution in [0, 0.1) is 5.92 Å². The highest BCUT2D eigenvalue weighted by molar-refractivity contribution is 6.05. The molecule has 112 valence electrons. The number of hydrogen-bond acceptors (Lipinski definition) is 4. The predicted octanol–water partition coefficient (Wildman–Crippen LogP) is 1.12. The fraction of sp³-hybridized carbons (Fsp3) is 0.400. The highest BCUT2D eigenvalue weighted by Crippen LogP contribution is 2.36. The molecule has 6 nitrogen and oxygen atoms in total. The molecule has 1 aromatic rings. The van der Waals surface area contributed by atoms with Crippen molar-refractivity contribution in [2.24, 2.45) is 11.7 Å². The lowest BCUT2D eigenvalue weighted by Gasteiger charge is -2.35. The molecule has 1 aliphatic heterocycles. The fourth-order valence-corrected chi connectivity index (χ4v) is 2.25. The highest BCUT2D eigenvalue weighted by atomic mass is 16.5. The molecule has 0 fully saturated rings. The van der Waals surface area contributed by atoms with E-state index in [2.05, 4.69) is 0 Å². The number of carbonyl (C=O) groups excluding carboxylic acids is 3. The molecule has 0 spiro atoms. The Hall–Kier alpha value is -2.37. The Labute approximate surface area is 122 Å². The van der Waals surface area contributed by atoms with Gasteiger partial charge >= 0.3 is 0 Å². The maximum absolute atomic E-state index is 12.5. The number of primary amides is 1. The van der Waals surface area contributed by atoms with E-state index in [1.807, 2.05) is 13.8 Å². The quantitative estimate of drug-likeness (QED) is 0.841. The van der Waals surface area contributed by atoms with Gasteiger partial charge in [0, 0.05) is 5.56 Å². The Kier molecular flexibility index (Phi) is 3.97. The number of rotatable bonds is 4. The summed E-state index contributed by atoms with van der Waals surface area (Å²) in [7, 11) is 0. The standard InChI is InChI=1S/C15H18N2O4/c1-8(2)14-15(20)17(7-13(16)19)11-6-10(9(3)18)4-5-12(11)21-14/h4-6,8,14H,7H2,1-3H3,(H2,16,19). The molecule has 1 aliphatic rings. The van der Waals surface area contributed by atoms with Crippen LogP contribution in [0.25, 0.3) is 0 Å². The number of anilines is 1. The predicted molar refractivity (Wildman–Crippen MR) is 77.2 cm³/mol. The van der Waals surface area contributed by atoms with Crippen molar-refractivity contribution < 1.29 is 19.1 Å². The van der Waals surface area contributed by atoms with E-state index in [-0.39, 0.29) is 24.2 Å². The Morgan fingerprint density at radius 1 is 1.38 bits per heavy atom. The second kappa shape index (κ2) is 5.55. The molecule has 0 aliphatic carbocycles. The number of nitrogens with zero attached hydrogens (tertiary/aromatic N) is 1. The van der Waals surface area contributed by atoms with Crippen LogP contribution in [0.4, 0.5) is 5.69 Å². The first-order valence-electron chi connectivity index (χ1n) is 6.72. The largest absolute Gasteiger partial charge is 0.478 e. The number of ketones is 1. The number of fused-ring (bicyclic) bond motifs is 1. The van der Waals surface area contributed by atoms with Crippen molar-refractivity contribution in [1.82, 2.24) is 0 Å². The maximum atomic E-state index is 12.5. The molecule has 1 unspecified atom stereocenters. The van der Waals surface area contributed by atoms with Crippen molar-refractivity contribution in [3.63, 3.8) is 0 Å². The molecule has 21 heavy (non-hydrogen) atoms. The molecular weight excluding hydrogens is 272 g/mol. The van der Waals surface area contributed by atoms with Crippen molar-refractivity contribution in [3.05, 3.63) is 23.8 Å². The van der Waals surface area contributed by atoms with Crippen molar-refractivity contribution in [1.29, 1.82) is 0 Å². The zero-order chi connectivity index (χ0) is 15.7. The van der Waals surface area contributed by atoms with Gasteiger partial charge in [-0.2, -0.15) is 0 Å². The summed E-state index contributed by atoms with van der Waals surface area (Å²) in [6.45, 7) is 4.92. The summed E-state index contributed by atoms with van der Waals surface area (Å²) in [6, 6.07) is 4.83. The average molecular weight is 290 g/mol. The third kappa shape index (κ3) is 2.89. The number of benzene rings is 1. The molecule has 0 saturated carbocycles. The van der Waals surface area contributed by atoms with Crippen LogP contribution in [0.3, 0.4) is 0 Å². The van der Waals surface area contributed by atoms with Crippen molar-refractivity contribution in [3.8, 4) is 5.75 Å². The number of Topliss-reactive ketones (excluding diaryl/α,β-unsaturated/α-hetero) is 1. The summed E-state index contributed by atoms with van der Waals surface area (Å²) in [5, 5.41) is 0. The SMILES string of the molecule is CC(=O)c1ccc2c(c1)N(CC(N)=O)C(=O)C(C(C)C)O2. The normalized spacial score (nSPS) is 17.4. The minimum absolute atomic E-state index is 0.0477. The summed E-state index contributed by atoms with van der Waals surface area (Å²) in [5.74, 6) is -0.646. The summed E-state index contributed by atoms with van der Waals surface area (Å²) in [5.41, 5.74) is 6.07. The van der Waals surface area contributed by atoms with Crippen molar-refractivity contribution in [2.75, 3.05) is 11.4 Å². The average Bonchev–Trinajstić information content (AvgIpc) is 2.40. The summed E-state index contributed by atoms with van der Waals surface area (Å²) in [6.07, 6.45) is -0.667. The van der Waals surface area contributed by atoms with Gasteiger partial charge in [-0.05, 0) is 31.0 Å². The van der Waals surface area contributed by atoms with E-state index in [4.69, 9.17) is 10.5 Å². The molecule has 0 bridgehead atoms. The van der Waals surface area contributed by atoms with Crippen LogP contribution < -0.4 is 15.4 Å². The molecule has 0 aromatic heterocycles. The molecule has 6 heteroatoms. The number of nitrogens with two attached hydrogens (primary N) is 1. The van der Waals surface area contributed by atoms with E-state index in [0.29, 0.717) is 17.0 Å². The molecule has 2 N–H and O–H groups in total. The molecule has 0 radical (unpaired) electrons. The number of carbonyl (C=O) groups is 3. The first-order valence-corrected chi connectivity index (χ1v) is 6.72. The minimum Gasteiger partial charge on any atom is -0.478 e. The Morgan fingerprint density at radius 3 is 2.57 bits per heavy atom. The van der Waals surface area contributed by atoms with Crippen molar-refractivity contribution in [2.45, 2.75) is 26.9 Å². The highest BCUT2D eigenvalue weighted by Gasteiger charge is 2.37. The van der Waals surface area contributed by atoms with Gasteiger partial charge in [-0.25, -0.2) is 0 Å². The fourth-order valence-electron chi connectivity index (χ4n) is 2.25. The molecular formula is C15H18N2O4. The van der Waals surface area contributed by atoms with Crippen LogP contribution in [0.1, 0.15) is 31.1 Å². The molecule has 1 aromatic carbocycles. The van der Waals surface area contributed by atoms with Gasteiger partial charge in [0.2, 0.25) is 5.91 Å². The third-order valence-electron chi connectivity index (χ3n) is 3.34. The first kappa shape index (κ1) is 15.0. The lowest BCUT2D eigenvalue weighted by atomic mass is 10.0. The Morgan fingerprint density at radius 2 is 2.05 bits per heavy atom. The van der Waals surface area contributed by atoms with Crippen LogP contribution in [0.5, 0.6) is 5.75 Å². The van der Waals surface area contributed by atoms with Gasteiger partial charge in [0.1, 0.15) is 12.3 Å². The van der Waals surface area contributed by atoms with E-state index in [1.54, 1.807) is 18.2 Å². The van der Waals surface area contributed by atoms with Gasteiger partial charge in [-0.1, -0.05) is 13.8 Å². The van der Waals surface area contributed by atoms with Crippen LogP contribution in [0.15, 0.2) is 18.2 Å². The monoisotopic (exact) mass is 290 g/mol. The lowest BCUT2D eigenvalue weighted by Crippen LogP contribution is -2.51. The van der Waals surface area contributed by atoms with E-state index in [1.165, 1.54) is 11.8 Å². The smallest absolute Gasteiger partial charge is 0.268 e.